The number of hydrogen-bond acceptors (Lipinski definition) is 4. The summed E-state index contributed by atoms with van der Waals surface area (Å²) >= 11 is 5.99. The number of rotatable bonds is 6. The Hall–Kier alpha value is -2.57. The molecule has 1 aliphatic rings. The predicted octanol–water partition coefficient (Wildman–Crippen LogP) is 3.61. The summed E-state index contributed by atoms with van der Waals surface area (Å²) in [6.45, 7) is 4.21. The first-order valence-corrected chi connectivity index (χ1v) is 10.6. The summed E-state index contributed by atoms with van der Waals surface area (Å²) in [5, 5.41) is 5.97. The van der Waals surface area contributed by atoms with Crippen molar-refractivity contribution in [3.63, 3.8) is 0 Å². The highest BCUT2D eigenvalue weighted by Gasteiger charge is 2.25. The van der Waals surface area contributed by atoms with E-state index < -0.39 is 11.8 Å². The Labute approximate surface area is 183 Å². The number of nitrogens with zero attached hydrogens (tertiary/aromatic N) is 2. The minimum atomic E-state index is -0.691. The zero-order valence-electron chi connectivity index (χ0n) is 17.7. The molecular formula is C23H29ClN4O2. The van der Waals surface area contributed by atoms with E-state index in [9.17, 15) is 9.59 Å². The van der Waals surface area contributed by atoms with Crippen LogP contribution < -0.4 is 15.5 Å². The molecule has 160 valence electrons. The predicted molar refractivity (Wildman–Crippen MR) is 122 cm³/mol. The number of halogens is 1. The van der Waals surface area contributed by atoms with Gasteiger partial charge in [0.2, 0.25) is 0 Å². The van der Waals surface area contributed by atoms with Crippen molar-refractivity contribution in [3.05, 3.63) is 58.6 Å². The van der Waals surface area contributed by atoms with E-state index in [1.807, 2.05) is 21.0 Å². The van der Waals surface area contributed by atoms with Crippen LogP contribution in [0.15, 0.2) is 42.5 Å². The van der Waals surface area contributed by atoms with Crippen LogP contribution in [0.25, 0.3) is 0 Å². The van der Waals surface area contributed by atoms with E-state index in [4.69, 9.17) is 11.6 Å². The molecule has 30 heavy (non-hydrogen) atoms. The topological polar surface area (TPSA) is 64.7 Å². The highest BCUT2D eigenvalue weighted by molar-refractivity contribution is 6.40. The van der Waals surface area contributed by atoms with Crippen LogP contribution in [0.4, 0.5) is 11.4 Å². The van der Waals surface area contributed by atoms with Crippen LogP contribution in [-0.2, 0) is 9.59 Å². The second-order valence-corrected chi connectivity index (χ2v) is 8.30. The third kappa shape index (κ3) is 5.52. The van der Waals surface area contributed by atoms with Crippen molar-refractivity contribution in [2.75, 3.05) is 43.9 Å². The van der Waals surface area contributed by atoms with E-state index in [0.717, 1.165) is 42.7 Å². The number of anilines is 2. The lowest BCUT2D eigenvalue weighted by molar-refractivity contribution is -0.136. The smallest absolute Gasteiger partial charge is 0.313 e. The monoisotopic (exact) mass is 428 g/mol. The number of amides is 2. The van der Waals surface area contributed by atoms with Gasteiger partial charge in [0.1, 0.15) is 0 Å². The van der Waals surface area contributed by atoms with Gasteiger partial charge in [0.25, 0.3) is 0 Å². The first kappa shape index (κ1) is 22.1. The maximum absolute atomic E-state index is 12.5. The summed E-state index contributed by atoms with van der Waals surface area (Å²) in [6, 6.07) is 13.6. The average Bonchev–Trinajstić information content (AvgIpc) is 3.25. The molecule has 1 unspecified atom stereocenters. The van der Waals surface area contributed by atoms with Gasteiger partial charge in [0.05, 0.1) is 6.04 Å². The van der Waals surface area contributed by atoms with E-state index in [1.165, 1.54) is 0 Å². The molecule has 1 saturated heterocycles. The molecule has 1 heterocycles. The standard InChI is InChI=1S/C23H29ClN4O2/c1-16-6-9-18(24)14-20(16)26-23(30)22(29)25-15-21(28-12-4-5-13-28)17-7-10-19(11-8-17)27(2)3/h6-11,14,21H,4-5,12-13,15H2,1-3H3,(H,25,29)(H,26,30). The van der Waals surface area contributed by atoms with E-state index in [2.05, 4.69) is 44.7 Å². The fourth-order valence-corrected chi connectivity index (χ4v) is 3.86. The van der Waals surface area contributed by atoms with Crippen LogP contribution in [0.5, 0.6) is 0 Å². The largest absolute Gasteiger partial charge is 0.378 e. The molecule has 0 radical (unpaired) electrons. The first-order chi connectivity index (χ1) is 14.3. The van der Waals surface area contributed by atoms with Crippen LogP contribution in [-0.4, -0.2) is 50.4 Å². The van der Waals surface area contributed by atoms with Gasteiger partial charge in [-0.05, 0) is 68.2 Å². The molecule has 6 nitrogen and oxygen atoms in total. The van der Waals surface area contributed by atoms with Crippen LogP contribution in [0.2, 0.25) is 5.02 Å². The number of benzene rings is 2. The van der Waals surface area contributed by atoms with Gasteiger partial charge in [-0.2, -0.15) is 0 Å². The van der Waals surface area contributed by atoms with Crippen molar-refractivity contribution >= 4 is 34.8 Å². The summed E-state index contributed by atoms with van der Waals surface area (Å²) in [5.74, 6) is -1.34. The van der Waals surface area contributed by atoms with Gasteiger partial charge in [0, 0.05) is 37.0 Å². The molecule has 1 atom stereocenters. The minimum absolute atomic E-state index is 0.0355. The quantitative estimate of drug-likeness (QED) is 0.690. The molecule has 1 fully saturated rings. The first-order valence-electron chi connectivity index (χ1n) is 10.2. The fraction of sp³-hybridized carbons (Fsp3) is 0.391. The Kier molecular flexibility index (Phi) is 7.34. The third-order valence-electron chi connectivity index (χ3n) is 5.49. The average molecular weight is 429 g/mol. The van der Waals surface area contributed by atoms with E-state index >= 15 is 0 Å². The lowest BCUT2D eigenvalue weighted by atomic mass is 10.0. The van der Waals surface area contributed by atoms with Crippen molar-refractivity contribution in [1.29, 1.82) is 0 Å². The maximum Gasteiger partial charge on any atom is 0.313 e. The fourth-order valence-electron chi connectivity index (χ4n) is 3.68. The zero-order valence-corrected chi connectivity index (χ0v) is 18.5. The van der Waals surface area contributed by atoms with Crippen LogP contribution in [0, 0.1) is 6.92 Å². The molecule has 3 rings (SSSR count). The highest BCUT2D eigenvalue weighted by atomic mass is 35.5. The molecule has 1 aliphatic heterocycles. The SMILES string of the molecule is Cc1ccc(Cl)cc1NC(=O)C(=O)NCC(c1ccc(N(C)C)cc1)N1CCCC1. The van der Waals surface area contributed by atoms with E-state index in [1.54, 1.807) is 18.2 Å². The molecule has 0 saturated carbocycles. The Balaban J connectivity index is 1.66. The molecule has 2 aromatic rings. The van der Waals surface area contributed by atoms with Crippen LogP contribution in [0.3, 0.4) is 0 Å². The third-order valence-corrected chi connectivity index (χ3v) is 5.72. The second-order valence-electron chi connectivity index (χ2n) is 7.87. The molecule has 0 aromatic heterocycles. The summed E-state index contributed by atoms with van der Waals surface area (Å²) in [6.07, 6.45) is 2.30. The van der Waals surface area contributed by atoms with Gasteiger partial charge in [-0.15, -0.1) is 0 Å². The lowest BCUT2D eigenvalue weighted by Crippen LogP contribution is -2.41. The van der Waals surface area contributed by atoms with Gasteiger partial charge < -0.3 is 15.5 Å². The summed E-state index contributed by atoms with van der Waals surface area (Å²) in [5.41, 5.74) is 3.64. The Morgan fingerprint density at radius 3 is 2.37 bits per heavy atom. The van der Waals surface area contributed by atoms with Crippen molar-refractivity contribution in [2.24, 2.45) is 0 Å². The summed E-state index contributed by atoms with van der Waals surface area (Å²) < 4.78 is 0. The van der Waals surface area contributed by atoms with Gasteiger partial charge in [-0.3, -0.25) is 14.5 Å². The van der Waals surface area contributed by atoms with Crippen molar-refractivity contribution in [2.45, 2.75) is 25.8 Å². The number of aryl methyl sites for hydroxylation is 1. The summed E-state index contributed by atoms with van der Waals surface area (Å²) in [7, 11) is 4.01. The maximum atomic E-state index is 12.5. The number of carbonyl (C=O) groups excluding carboxylic acids is 2. The van der Waals surface area contributed by atoms with Gasteiger partial charge in [-0.1, -0.05) is 29.8 Å². The Bertz CT molecular complexity index is 893. The van der Waals surface area contributed by atoms with E-state index in [-0.39, 0.29) is 6.04 Å². The molecule has 0 spiro atoms. The van der Waals surface area contributed by atoms with Gasteiger partial charge in [-0.25, -0.2) is 0 Å². The molecule has 2 N–H and O–H groups in total. The van der Waals surface area contributed by atoms with Gasteiger partial charge in [0.15, 0.2) is 0 Å². The lowest BCUT2D eigenvalue weighted by Gasteiger charge is -2.28. The normalized spacial score (nSPS) is 14.9. The Morgan fingerprint density at radius 1 is 1.07 bits per heavy atom. The molecule has 0 aliphatic carbocycles. The second kappa shape index (κ2) is 9.96. The molecular weight excluding hydrogens is 400 g/mol. The number of nitrogens with one attached hydrogen (secondary N) is 2. The molecule has 2 aromatic carbocycles. The van der Waals surface area contributed by atoms with Gasteiger partial charge >= 0.3 is 11.8 Å². The number of hydrogen-bond donors (Lipinski definition) is 2. The molecule has 7 heteroatoms. The number of likely N-dealkylation sites (tertiary alicyclic amines) is 1. The van der Waals surface area contributed by atoms with Crippen molar-refractivity contribution in [1.82, 2.24) is 10.2 Å². The van der Waals surface area contributed by atoms with Crippen molar-refractivity contribution < 1.29 is 9.59 Å². The minimum Gasteiger partial charge on any atom is -0.378 e. The van der Waals surface area contributed by atoms with Crippen molar-refractivity contribution in [3.8, 4) is 0 Å². The van der Waals surface area contributed by atoms with Crippen LogP contribution >= 0.6 is 11.6 Å². The molecule has 2 amide bonds. The Morgan fingerprint density at radius 2 is 1.73 bits per heavy atom. The summed E-state index contributed by atoms with van der Waals surface area (Å²) in [4.78, 5) is 29.3. The number of carbonyl (C=O) groups is 2. The highest BCUT2D eigenvalue weighted by Crippen LogP contribution is 2.26. The zero-order chi connectivity index (χ0) is 21.7. The van der Waals surface area contributed by atoms with E-state index in [0.29, 0.717) is 17.3 Å². The molecule has 0 bridgehead atoms. The van der Waals surface area contributed by atoms with Crippen LogP contribution in [0.1, 0.15) is 30.0 Å².